The predicted octanol–water partition coefficient (Wildman–Crippen LogP) is 1.33. The molecule has 1 aliphatic heterocycles. The molecule has 1 N–H and O–H groups in total. The number of carboxylic acids is 1. The molecule has 0 saturated carbocycles. The minimum absolute atomic E-state index is 0.239. The highest BCUT2D eigenvalue weighted by molar-refractivity contribution is 7.99. The fourth-order valence-corrected chi connectivity index (χ4v) is 2.87. The molecule has 1 atom stereocenters. The van der Waals surface area contributed by atoms with Crippen LogP contribution in [-0.2, 0) is 4.79 Å². The van der Waals surface area contributed by atoms with Crippen molar-refractivity contribution in [2.24, 2.45) is 0 Å². The van der Waals surface area contributed by atoms with E-state index in [4.69, 9.17) is 16.7 Å². The summed E-state index contributed by atoms with van der Waals surface area (Å²) in [5, 5.41) is 9.28. The molecule has 2 heterocycles. The van der Waals surface area contributed by atoms with Crippen molar-refractivity contribution in [3.63, 3.8) is 0 Å². The van der Waals surface area contributed by atoms with Gasteiger partial charge in [-0.3, -0.25) is 9.78 Å². The molecule has 1 saturated heterocycles. The van der Waals surface area contributed by atoms with Gasteiger partial charge in [0.2, 0.25) is 0 Å². The van der Waals surface area contributed by atoms with Crippen molar-refractivity contribution in [3.05, 3.63) is 29.0 Å². The summed E-state index contributed by atoms with van der Waals surface area (Å²) in [5.41, 5.74) is 0.239. The summed E-state index contributed by atoms with van der Waals surface area (Å²) in [5.74, 6) is -0.621. The number of carboxylic acid groups (broad SMARTS) is 1. The number of pyridine rings is 1. The molecule has 0 unspecified atom stereocenters. The van der Waals surface area contributed by atoms with Crippen molar-refractivity contribution in [1.82, 2.24) is 9.88 Å². The Bertz CT molecular complexity index is 469. The highest BCUT2D eigenvalue weighted by Gasteiger charge is 2.35. The topological polar surface area (TPSA) is 70.5 Å². The Morgan fingerprint density at radius 1 is 1.59 bits per heavy atom. The third-order valence-corrected chi connectivity index (χ3v) is 3.77. The van der Waals surface area contributed by atoms with Crippen molar-refractivity contribution in [3.8, 4) is 0 Å². The maximum Gasteiger partial charge on any atom is 0.327 e. The number of amides is 1. The fraction of sp³-hybridized carbons (Fsp3) is 0.300. The number of nitrogens with zero attached hydrogens (tertiary/aromatic N) is 2. The molecule has 17 heavy (non-hydrogen) atoms. The van der Waals surface area contributed by atoms with E-state index in [0.717, 1.165) is 0 Å². The largest absolute Gasteiger partial charge is 0.480 e. The molecule has 7 heteroatoms. The van der Waals surface area contributed by atoms with Crippen molar-refractivity contribution in [2.75, 3.05) is 11.6 Å². The molecule has 5 nitrogen and oxygen atoms in total. The van der Waals surface area contributed by atoms with Crippen LogP contribution in [0.25, 0.3) is 0 Å². The van der Waals surface area contributed by atoms with E-state index in [1.165, 1.54) is 35.1 Å². The highest BCUT2D eigenvalue weighted by atomic mass is 35.5. The first-order valence-electron chi connectivity index (χ1n) is 4.82. The zero-order valence-corrected chi connectivity index (χ0v) is 10.2. The zero-order valence-electron chi connectivity index (χ0n) is 8.67. The lowest BCUT2D eigenvalue weighted by molar-refractivity contribution is -0.140. The third-order valence-electron chi connectivity index (χ3n) is 2.43. The molecule has 90 valence electrons. The number of carbonyl (C=O) groups excluding carboxylic acids is 1. The SMILES string of the molecule is O=C(O)[C@@H]1CSCN1C(=O)c1cnccc1Cl. The molecule has 1 amide bonds. The van der Waals surface area contributed by atoms with Gasteiger partial charge >= 0.3 is 5.97 Å². The maximum absolute atomic E-state index is 12.1. The third kappa shape index (κ3) is 2.37. The highest BCUT2D eigenvalue weighted by Crippen LogP contribution is 2.25. The maximum atomic E-state index is 12.1. The molecule has 0 aliphatic carbocycles. The van der Waals surface area contributed by atoms with Gasteiger partial charge in [0.25, 0.3) is 5.91 Å². The van der Waals surface area contributed by atoms with E-state index in [-0.39, 0.29) is 16.5 Å². The second-order valence-electron chi connectivity index (χ2n) is 3.48. The Hall–Kier alpha value is -1.27. The monoisotopic (exact) mass is 272 g/mol. The van der Waals surface area contributed by atoms with Crippen LogP contribution in [-0.4, -0.2) is 44.5 Å². The first kappa shape index (κ1) is 12.2. The number of aliphatic carboxylic acids is 1. The number of aromatic nitrogens is 1. The standard InChI is InChI=1S/C10H9ClN2O3S/c11-7-1-2-12-3-6(7)9(14)13-5-17-4-8(13)10(15)16/h1-3,8H,4-5H2,(H,15,16)/t8-/m0/s1. The number of rotatable bonds is 2. The second kappa shape index (κ2) is 4.93. The molecule has 1 fully saturated rings. The summed E-state index contributed by atoms with van der Waals surface area (Å²) in [6.07, 6.45) is 2.83. The van der Waals surface area contributed by atoms with Gasteiger partial charge in [-0.05, 0) is 6.07 Å². The van der Waals surface area contributed by atoms with E-state index in [2.05, 4.69) is 4.98 Å². The van der Waals surface area contributed by atoms with Gasteiger partial charge in [0.05, 0.1) is 16.5 Å². The summed E-state index contributed by atoms with van der Waals surface area (Å²) < 4.78 is 0. The first-order valence-corrected chi connectivity index (χ1v) is 6.35. The Morgan fingerprint density at radius 3 is 3.00 bits per heavy atom. The summed E-state index contributed by atoms with van der Waals surface area (Å²) in [7, 11) is 0. The Morgan fingerprint density at radius 2 is 2.35 bits per heavy atom. The van der Waals surface area contributed by atoms with Gasteiger partial charge in [0.15, 0.2) is 0 Å². The van der Waals surface area contributed by atoms with Gasteiger partial charge in [-0.1, -0.05) is 11.6 Å². The van der Waals surface area contributed by atoms with Gasteiger partial charge in [0.1, 0.15) is 6.04 Å². The fourth-order valence-electron chi connectivity index (χ4n) is 1.54. The molecule has 0 aromatic carbocycles. The number of hydrogen-bond acceptors (Lipinski definition) is 4. The van der Waals surface area contributed by atoms with Crippen molar-refractivity contribution < 1.29 is 14.7 Å². The second-order valence-corrected chi connectivity index (χ2v) is 4.89. The average molecular weight is 273 g/mol. The van der Waals surface area contributed by atoms with Crippen LogP contribution in [0.3, 0.4) is 0 Å². The van der Waals surface area contributed by atoms with E-state index in [9.17, 15) is 9.59 Å². The lowest BCUT2D eigenvalue weighted by atomic mass is 10.2. The van der Waals surface area contributed by atoms with E-state index in [1.54, 1.807) is 0 Å². The van der Waals surface area contributed by atoms with Gasteiger partial charge in [-0.2, -0.15) is 0 Å². The molecule has 1 aliphatic rings. The van der Waals surface area contributed by atoms with Crippen molar-refractivity contribution >= 4 is 35.2 Å². The number of halogens is 1. The van der Waals surface area contributed by atoms with Gasteiger partial charge < -0.3 is 10.0 Å². The lowest BCUT2D eigenvalue weighted by Crippen LogP contribution is -2.41. The van der Waals surface area contributed by atoms with Crippen molar-refractivity contribution in [1.29, 1.82) is 0 Å². The molecule has 1 aromatic heterocycles. The molecule has 0 spiro atoms. The minimum atomic E-state index is -0.997. The zero-order chi connectivity index (χ0) is 12.4. The van der Waals surface area contributed by atoms with Crippen LogP contribution in [0.4, 0.5) is 0 Å². The molecular formula is C10H9ClN2O3S. The van der Waals surface area contributed by atoms with Crippen molar-refractivity contribution in [2.45, 2.75) is 6.04 Å². The summed E-state index contributed by atoms with van der Waals surface area (Å²) in [4.78, 5) is 28.2. The van der Waals surface area contributed by atoms with Crippen LogP contribution in [0.15, 0.2) is 18.5 Å². The molecule has 2 rings (SSSR count). The average Bonchev–Trinajstić information content (AvgIpc) is 2.77. The van der Waals surface area contributed by atoms with Gasteiger partial charge in [0, 0.05) is 18.1 Å². The number of thioether (sulfide) groups is 1. The molecule has 0 bridgehead atoms. The Kier molecular flexibility index (Phi) is 3.54. The normalized spacial score (nSPS) is 19.4. The Balaban J connectivity index is 2.26. The smallest absolute Gasteiger partial charge is 0.327 e. The van der Waals surface area contributed by atoms with E-state index in [0.29, 0.717) is 11.6 Å². The quantitative estimate of drug-likeness (QED) is 0.880. The van der Waals surface area contributed by atoms with Crippen LogP contribution in [0.1, 0.15) is 10.4 Å². The van der Waals surface area contributed by atoms with Crippen LogP contribution >= 0.6 is 23.4 Å². The van der Waals surface area contributed by atoms with Crippen LogP contribution < -0.4 is 0 Å². The summed E-state index contributed by atoms with van der Waals surface area (Å²) in [6.45, 7) is 0. The lowest BCUT2D eigenvalue weighted by Gasteiger charge is -2.20. The van der Waals surface area contributed by atoms with E-state index >= 15 is 0 Å². The molecule has 1 aromatic rings. The number of carbonyl (C=O) groups is 2. The Labute approximate surface area is 107 Å². The van der Waals surface area contributed by atoms with E-state index in [1.807, 2.05) is 0 Å². The van der Waals surface area contributed by atoms with Gasteiger partial charge in [-0.15, -0.1) is 11.8 Å². The summed E-state index contributed by atoms with van der Waals surface area (Å²) in [6, 6.07) is 0.720. The van der Waals surface area contributed by atoms with Gasteiger partial charge in [-0.25, -0.2) is 4.79 Å². The van der Waals surface area contributed by atoms with E-state index < -0.39 is 12.0 Å². The van der Waals surface area contributed by atoms with Crippen LogP contribution in [0, 0.1) is 0 Å². The summed E-state index contributed by atoms with van der Waals surface area (Å²) >= 11 is 7.29. The minimum Gasteiger partial charge on any atom is -0.480 e. The van der Waals surface area contributed by atoms with Crippen LogP contribution in [0.5, 0.6) is 0 Å². The first-order chi connectivity index (χ1) is 8.11. The molecule has 0 radical (unpaired) electrons. The molecular weight excluding hydrogens is 264 g/mol. The number of hydrogen-bond donors (Lipinski definition) is 1. The predicted molar refractivity (Wildman–Crippen MR) is 64.2 cm³/mol. The van der Waals surface area contributed by atoms with Crippen LogP contribution in [0.2, 0.25) is 5.02 Å².